The fourth-order valence-electron chi connectivity index (χ4n) is 3.22. The van der Waals surface area contributed by atoms with E-state index in [1.165, 1.54) is 56.6 Å². The molecule has 1 aromatic heterocycles. The Labute approximate surface area is 122 Å². The van der Waals surface area contributed by atoms with Gasteiger partial charge in [-0.15, -0.1) is 0 Å². The van der Waals surface area contributed by atoms with Crippen molar-refractivity contribution in [3.63, 3.8) is 0 Å². The molecule has 0 spiro atoms. The Morgan fingerprint density at radius 1 is 1.30 bits per heavy atom. The minimum Gasteiger partial charge on any atom is -0.356 e. The van der Waals surface area contributed by atoms with Gasteiger partial charge < -0.3 is 10.2 Å². The van der Waals surface area contributed by atoms with Crippen molar-refractivity contribution in [3.8, 4) is 0 Å². The second-order valence-electron chi connectivity index (χ2n) is 6.52. The summed E-state index contributed by atoms with van der Waals surface area (Å²) in [6.07, 6.45) is 6.69. The molecule has 1 atom stereocenters. The summed E-state index contributed by atoms with van der Waals surface area (Å²) in [7, 11) is 0. The van der Waals surface area contributed by atoms with Gasteiger partial charge in [-0.25, -0.2) is 4.98 Å². The standard InChI is InChI=1S/C17H27N3/c1-3-4-14-7-8-20(12-14)17-10-15(9-13(2)19-17)11-18-16-5-6-16/h9-10,14,16,18H,3-8,11-12H2,1-2H3. The lowest BCUT2D eigenvalue weighted by Gasteiger charge is -2.19. The lowest BCUT2D eigenvalue weighted by Crippen LogP contribution is -2.22. The number of nitrogens with one attached hydrogen (secondary N) is 1. The van der Waals surface area contributed by atoms with Crippen molar-refractivity contribution in [2.24, 2.45) is 5.92 Å². The first-order valence-electron chi connectivity index (χ1n) is 8.20. The molecule has 2 aliphatic rings. The minimum atomic E-state index is 0.771. The highest BCUT2D eigenvalue weighted by Crippen LogP contribution is 2.26. The first-order valence-corrected chi connectivity index (χ1v) is 8.20. The van der Waals surface area contributed by atoms with Crippen LogP contribution >= 0.6 is 0 Å². The Hall–Kier alpha value is -1.09. The maximum atomic E-state index is 4.75. The molecule has 2 heterocycles. The van der Waals surface area contributed by atoms with Gasteiger partial charge in [-0.1, -0.05) is 13.3 Å². The number of aryl methyl sites for hydroxylation is 1. The molecular weight excluding hydrogens is 246 g/mol. The molecule has 1 N–H and O–H groups in total. The van der Waals surface area contributed by atoms with Crippen LogP contribution in [-0.2, 0) is 6.54 Å². The molecular formula is C17H27N3. The molecule has 1 saturated heterocycles. The highest BCUT2D eigenvalue weighted by molar-refractivity contribution is 5.43. The molecule has 20 heavy (non-hydrogen) atoms. The molecule has 3 heteroatoms. The molecule has 3 rings (SSSR count). The molecule has 0 radical (unpaired) electrons. The first-order chi connectivity index (χ1) is 9.74. The fraction of sp³-hybridized carbons (Fsp3) is 0.706. The van der Waals surface area contributed by atoms with E-state index in [2.05, 4.69) is 36.2 Å². The molecule has 110 valence electrons. The molecule has 1 aliphatic carbocycles. The number of hydrogen-bond acceptors (Lipinski definition) is 3. The predicted molar refractivity (Wildman–Crippen MR) is 84.1 cm³/mol. The number of pyridine rings is 1. The van der Waals surface area contributed by atoms with Gasteiger partial charge in [-0.2, -0.15) is 0 Å². The first kappa shape index (κ1) is 13.9. The normalized spacial score (nSPS) is 22.5. The summed E-state index contributed by atoms with van der Waals surface area (Å²) in [6.45, 7) is 7.77. The van der Waals surface area contributed by atoms with E-state index in [1.807, 2.05) is 0 Å². The van der Waals surface area contributed by atoms with E-state index in [4.69, 9.17) is 4.98 Å². The summed E-state index contributed by atoms with van der Waals surface area (Å²) in [4.78, 5) is 7.23. The van der Waals surface area contributed by atoms with E-state index >= 15 is 0 Å². The van der Waals surface area contributed by atoms with Gasteiger partial charge in [-0.3, -0.25) is 0 Å². The zero-order chi connectivity index (χ0) is 13.9. The predicted octanol–water partition coefficient (Wildman–Crippen LogP) is 3.27. The van der Waals surface area contributed by atoms with Crippen molar-refractivity contribution in [2.75, 3.05) is 18.0 Å². The van der Waals surface area contributed by atoms with Crippen LogP contribution in [0.25, 0.3) is 0 Å². The second kappa shape index (κ2) is 6.13. The summed E-state index contributed by atoms with van der Waals surface area (Å²) in [6, 6.07) is 5.28. The molecule has 0 amide bonds. The SMILES string of the molecule is CCCC1CCN(c2cc(CNC3CC3)cc(C)n2)C1. The molecule has 3 nitrogen and oxygen atoms in total. The van der Waals surface area contributed by atoms with E-state index < -0.39 is 0 Å². The van der Waals surface area contributed by atoms with Crippen molar-refractivity contribution in [3.05, 3.63) is 23.4 Å². The van der Waals surface area contributed by atoms with Crippen molar-refractivity contribution >= 4 is 5.82 Å². The topological polar surface area (TPSA) is 28.2 Å². The van der Waals surface area contributed by atoms with Gasteiger partial charge in [0, 0.05) is 31.4 Å². The van der Waals surface area contributed by atoms with Gasteiger partial charge in [0.25, 0.3) is 0 Å². The van der Waals surface area contributed by atoms with E-state index in [9.17, 15) is 0 Å². The number of nitrogens with zero attached hydrogens (tertiary/aromatic N) is 2. The third-order valence-electron chi connectivity index (χ3n) is 4.48. The lowest BCUT2D eigenvalue weighted by molar-refractivity contribution is 0.529. The number of hydrogen-bond donors (Lipinski definition) is 1. The van der Waals surface area contributed by atoms with Crippen LogP contribution in [0.3, 0.4) is 0 Å². The van der Waals surface area contributed by atoms with Crippen molar-refractivity contribution in [2.45, 2.75) is 58.5 Å². The zero-order valence-electron chi connectivity index (χ0n) is 12.9. The van der Waals surface area contributed by atoms with E-state index in [0.29, 0.717) is 0 Å². The highest BCUT2D eigenvalue weighted by Gasteiger charge is 2.23. The summed E-state index contributed by atoms with van der Waals surface area (Å²) >= 11 is 0. The molecule has 0 bridgehead atoms. The van der Waals surface area contributed by atoms with Crippen LogP contribution in [0.1, 0.15) is 50.3 Å². The number of anilines is 1. The van der Waals surface area contributed by atoms with Crippen molar-refractivity contribution in [1.82, 2.24) is 10.3 Å². The smallest absolute Gasteiger partial charge is 0.129 e. The molecule has 2 fully saturated rings. The molecule has 0 aromatic carbocycles. The van der Waals surface area contributed by atoms with E-state index in [1.54, 1.807) is 0 Å². The quantitative estimate of drug-likeness (QED) is 0.862. The van der Waals surface area contributed by atoms with Crippen LogP contribution in [0.4, 0.5) is 5.82 Å². The zero-order valence-corrected chi connectivity index (χ0v) is 12.9. The van der Waals surface area contributed by atoms with Crippen LogP contribution in [0.15, 0.2) is 12.1 Å². The van der Waals surface area contributed by atoms with E-state index in [0.717, 1.165) is 24.2 Å². The van der Waals surface area contributed by atoms with E-state index in [-0.39, 0.29) is 0 Å². The summed E-state index contributed by atoms with van der Waals surface area (Å²) < 4.78 is 0. The fourth-order valence-corrected chi connectivity index (χ4v) is 3.22. The Balaban J connectivity index is 1.65. The van der Waals surface area contributed by atoms with Crippen LogP contribution < -0.4 is 10.2 Å². The second-order valence-corrected chi connectivity index (χ2v) is 6.52. The molecule has 1 saturated carbocycles. The maximum Gasteiger partial charge on any atom is 0.129 e. The lowest BCUT2D eigenvalue weighted by atomic mass is 10.0. The van der Waals surface area contributed by atoms with Gasteiger partial charge in [-0.05, 0) is 56.2 Å². The summed E-state index contributed by atoms with van der Waals surface area (Å²) in [5, 5.41) is 3.60. The maximum absolute atomic E-state index is 4.75. The average molecular weight is 273 g/mol. The largest absolute Gasteiger partial charge is 0.356 e. The van der Waals surface area contributed by atoms with Gasteiger partial charge in [0.15, 0.2) is 0 Å². The summed E-state index contributed by atoms with van der Waals surface area (Å²) in [5.41, 5.74) is 2.53. The minimum absolute atomic E-state index is 0.771. The number of aromatic nitrogens is 1. The Bertz CT molecular complexity index is 454. The van der Waals surface area contributed by atoms with Crippen molar-refractivity contribution < 1.29 is 0 Å². The molecule has 1 aromatic rings. The highest BCUT2D eigenvalue weighted by atomic mass is 15.2. The van der Waals surface area contributed by atoms with Gasteiger partial charge in [0.05, 0.1) is 0 Å². The van der Waals surface area contributed by atoms with Crippen LogP contribution in [-0.4, -0.2) is 24.1 Å². The monoisotopic (exact) mass is 273 g/mol. The third kappa shape index (κ3) is 3.51. The summed E-state index contributed by atoms with van der Waals surface area (Å²) in [5.74, 6) is 2.06. The Morgan fingerprint density at radius 3 is 2.90 bits per heavy atom. The van der Waals surface area contributed by atoms with Crippen LogP contribution in [0, 0.1) is 12.8 Å². The van der Waals surface area contributed by atoms with Crippen LogP contribution in [0.5, 0.6) is 0 Å². The molecule has 1 unspecified atom stereocenters. The number of rotatable bonds is 6. The Morgan fingerprint density at radius 2 is 2.15 bits per heavy atom. The van der Waals surface area contributed by atoms with Crippen molar-refractivity contribution in [1.29, 1.82) is 0 Å². The van der Waals surface area contributed by atoms with Gasteiger partial charge >= 0.3 is 0 Å². The van der Waals surface area contributed by atoms with Crippen LogP contribution in [0.2, 0.25) is 0 Å². The third-order valence-corrected chi connectivity index (χ3v) is 4.48. The Kier molecular flexibility index (Phi) is 4.25. The van der Waals surface area contributed by atoms with Gasteiger partial charge in [0.2, 0.25) is 0 Å². The molecule has 1 aliphatic heterocycles. The average Bonchev–Trinajstić information content (AvgIpc) is 3.14. The van der Waals surface area contributed by atoms with Gasteiger partial charge in [0.1, 0.15) is 5.82 Å².